The highest BCUT2D eigenvalue weighted by atomic mass is 35.5. The van der Waals surface area contributed by atoms with Gasteiger partial charge in [-0.1, -0.05) is 35.9 Å². The van der Waals surface area contributed by atoms with E-state index in [-0.39, 0.29) is 16.5 Å². The van der Waals surface area contributed by atoms with Gasteiger partial charge in [0.2, 0.25) is 5.91 Å². The molecule has 7 heteroatoms. The molecule has 5 nitrogen and oxygen atoms in total. The van der Waals surface area contributed by atoms with Crippen molar-refractivity contribution in [3.05, 3.63) is 64.9 Å². The van der Waals surface area contributed by atoms with Crippen molar-refractivity contribution in [1.29, 1.82) is 0 Å². The minimum atomic E-state index is -0.471. The summed E-state index contributed by atoms with van der Waals surface area (Å²) in [6.07, 6.45) is 1.62. The van der Waals surface area contributed by atoms with E-state index in [1.54, 1.807) is 6.07 Å². The molecule has 0 aliphatic carbocycles. The molecule has 1 aliphatic rings. The number of piperazine rings is 1. The van der Waals surface area contributed by atoms with E-state index in [0.29, 0.717) is 6.42 Å². The lowest BCUT2D eigenvalue weighted by Crippen LogP contribution is -3.15. The number of nitrogens with zero attached hydrogens (tertiary/aromatic N) is 2. The van der Waals surface area contributed by atoms with Gasteiger partial charge in [0, 0.05) is 11.3 Å². The Labute approximate surface area is 163 Å². The van der Waals surface area contributed by atoms with Crippen LogP contribution in [-0.4, -0.2) is 44.8 Å². The first kappa shape index (κ1) is 19.3. The summed E-state index contributed by atoms with van der Waals surface area (Å²) in [5.41, 5.74) is 3.86. The zero-order valence-electron chi connectivity index (χ0n) is 15.0. The lowest BCUT2D eigenvalue weighted by molar-refractivity contribution is -0.900. The number of benzene rings is 2. The maximum Gasteiger partial charge on any atom is 0.245 e. The first-order chi connectivity index (χ1) is 13.1. The standard InChI is InChI=1S/C20H22ClFN4O/c21-18-7-4-8-19(22)17(18)15-23-24-20(27)9-10-25-11-13-26(14-12-25)16-5-2-1-3-6-16/h1-8,15H,9-14H2,(H,24,27)/p+1/b23-15-. The molecule has 27 heavy (non-hydrogen) atoms. The minimum absolute atomic E-state index is 0.169. The highest BCUT2D eigenvalue weighted by Gasteiger charge is 2.20. The van der Waals surface area contributed by atoms with E-state index < -0.39 is 5.82 Å². The van der Waals surface area contributed by atoms with Crippen molar-refractivity contribution >= 4 is 29.4 Å². The van der Waals surface area contributed by atoms with Crippen LogP contribution in [-0.2, 0) is 4.79 Å². The predicted molar refractivity (Wildman–Crippen MR) is 106 cm³/mol. The van der Waals surface area contributed by atoms with Crippen molar-refractivity contribution in [3.63, 3.8) is 0 Å². The number of hydrogen-bond donors (Lipinski definition) is 2. The van der Waals surface area contributed by atoms with Crippen molar-refractivity contribution < 1.29 is 14.1 Å². The van der Waals surface area contributed by atoms with Crippen LogP contribution in [0.15, 0.2) is 53.6 Å². The van der Waals surface area contributed by atoms with E-state index in [4.69, 9.17) is 11.6 Å². The number of nitrogens with one attached hydrogen (secondary N) is 2. The number of carbonyl (C=O) groups excluding carboxylic acids is 1. The molecule has 2 N–H and O–H groups in total. The van der Waals surface area contributed by atoms with E-state index in [2.05, 4.69) is 27.6 Å². The molecule has 0 unspecified atom stereocenters. The number of hydrogen-bond acceptors (Lipinski definition) is 3. The first-order valence-corrected chi connectivity index (χ1v) is 9.41. The van der Waals surface area contributed by atoms with Crippen molar-refractivity contribution in [2.75, 3.05) is 37.6 Å². The Morgan fingerprint density at radius 3 is 2.63 bits per heavy atom. The van der Waals surface area contributed by atoms with Crippen LogP contribution in [0.1, 0.15) is 12.0 Å². The Balaban J connectivity index is 1.39. The first-order valence-electron chi connectivity index (χ1n) is 9.03. The van der Waals surface area contributed by atoms with Crippen LogP contribution in [0.25, 0.3) is 0 Å². The third kappa shape index (κ3) is 5.52. The van der Waals surface area contributed by atoms with Gasteiger partial charge < -0.3 is 9.80 Å². The Morgan fingerprint density at radius 2 is 1.93 bits per heavy atom. The fourth-order valence-corrected chi connectivity index (χ4v) is 3.33. The van der Waals surface area contributed by atoms with Crippen LogP contribution in [0, 0.1) is 5.82 Å². The number of anilines is 1. The van der Waals surface area contributed by atoms with Gasteiger partial charge in [0.15, 0.2) is 0 Å². The number of quaternary nitrogens is 1. The lowest BCUT2D eigenvalue weighted by Gasteiger charge is -2.33. The minimum Gasteiger partial charge on any atom is -0.360 e. The molecule has 142 valence electrons. The summed E-state index contributed by atoms with van der Waals surface area (Å²) in [6.45, 7) is 4.70. The fourth-order valence-electron chi connectivity index (χ4n) is 3.12. The average Bonchev–Trinajstić information content (AvgIpc) is 2.70. The summed E-state index contributed by atoms with van der Waals surface area (Å²) in [6, 6.07) is 14.8. The molecule has 1 fully saturated rings. The zero-order valence-corrected chi connectivity index (χ0v) is 15.8. The molecule has 1 amide bonds. The number of rotatable bonds is 6. The Hall–Kier alpha value is -2.44. The van der Waals surface area contributed by atoms with Crippen LogP contribution < -0.4 is 15.2 Å². The molecule has 3 rings (SSSR count). The molecule has 0 atom stereocenters. The molecular formula is C20H23ClFN4O+. The molecule has 2 aromatic rings. The molecule has 0 aromatic heterocycles. The third-order valence-electron chi connectivity index (χ3n) is 4.68. The molecule has 0 bridgehead atoms. The molecule has 1 saturated heterocycles. The fraction of sp³-hybridized carbons (Fsp3) is 0.300. The molecular weight excluding hydrogens is 367 g/mol. The summed E-state index contributed by atoms with van der Waals surface area (Å²) in [5, 5.41) is 4.07. The number of amides is 1. The van der Waals surface area contributed by atoms with Crippen LogP contribution in [0.5, 0.6) is 0 Å². The van der Waals surface area contributed by atoms with Crippen LogP contribution in [0.3, 0.4) is 0 Å². The van der Waals surface area contributed by atoms with Gasteiger partial charge in [-0.3, -0.25) is 4.79 Å². The summed E-state index contributed by atoms with van der Waals surface area (Å²) in [5.74, 6) is -0.655. The monoisotopic (exact) mass is 389 g/mol. The molecule has 0 spiro atoms. The zero-order chi connectivity index (χ0) is 19.1. The van der Waals surface area contributed by atoms with Crippen molar-refractivity contribution in [1.82, 2.24) is 5.43 Å². The second-order valence-electron chi connectivity index (χ2n) is 6.50. The van der Waals surface area contributed by atoms with Crippen LogP contribution >= 0.6 is 11.6 Å². The molecule has 2 aromatic carbocycles. The summed E-state index contributed by atoms with van der Waals surface area (Å²) < 4.78 is 13.6. The predicted octanol–water partition coefficient (Wildman–Crippen LogP) is 1.72. The summed E-state index contributed by atoms with van der Waals surface area (Å²) in [7, 11) is 0. The Bertz CT molecular complexity index is 772. The SMILES string of the molecule is O=C(CC[NH+]1CCN(c2ccccc2)CC1)N/N=C\c1c(F)cccc1Cl. The number of para-hydroxylation sites is 1. The maximum atomic E-state index is 13.6. The number of carbonyl (C=O) groups is 1. The molecule has 1 aliphatic heterocycles. The third-order valence-corrected chi connectivity index (χ3v) is 5.01. The van der Waals surface area contributed by atoms with Gasteiger partial charge >= 0.3 is 0 Å². The van der Waals surface area contributed by atoms with Gasteiger partial charge in [0.25, 0.3) is 0 Å². The number of halogens is 2. The van der Waals surface area contributed by atoms with Crippen LogP contribution in [0.4, 0.5) is 10.1 Å². The average molecular weight is 390 g/mol. The number of hydrazone groups is 1. The Kier molecular flexibility index (Phi) is 6.79. The van der Waals surface area contributed by atoms with Gasteiger partial charge in [0.1, 0.15) is 5.82 Å². The van der Waals surface area contributed by atoms with Crippen molar-refractivity contribution in [2.45, 2.75) is 6.42 Å². The van der Waals surface area contributed by atoms with Gasteiger partial charge in [-0.2, -0.15) is 5.10 Å². The summed E-state index contributed by atoms with van der Waals surface area (Å²) in [4.78, 5) is 15.7. The second-order valence-corrected chi connectivity index (χ2v) is 6.91. The quantitative estimate of drug-likeness (QED) is 0.584. The molecule has 0 saturated carbocycles. The Morgan fingerprint density at radius 1 is 1.19 bits per heavy atom. The van der Waals surface area contributed by atoms with E-state index in [9.17, 15) is 9.18 Å². The van der Waals surface area contributed by atoms with Crippen molar-refractivity contribution in [3.8, 4) is 0 Å². The summed E-state index contributed by atoms with van der Waals surface area (Å²) >= 11 is 5.91. The van der Waals surface area contributed by atoms with E-state index in [0.717, 1.165) is 32.7 Å². The highest BCUT2D eigenvalue weighted by molar-refractivity contribution is 6.33. The maximum absolute atomic E-state index is 13.6. The van der Waals surface area contributed by atoms with Gasteiger partial charge in [-0.25, -0.2) is 9.82 Å². The van der Waals surface area contributed by atoms with E-state index in [1.807, 2.05) is 18.2 Å². The molecule has 0 radical (unpaired) electrons. The normalized spacial score (nSPS) is 15.3. The highest BCUT2D eigenvalue weighted by Crippen LogP contribution is 2.16. The van der Waals surface area contributed by atoms with E-state index in [1.165, 1.54) is 28.9 Å². The van der Waals surface area contributed by atoms with Gasteiger partial charge in [-0.05, 0) is 24.3 Å². The van der Waals surface area contributed by atoms with Gasteiger partial charge in [-0.15, -0.1) is 0 Å². The topological polar surface area (TPSA) is 49.1 Å². The molecule has 1 heterocycles. The largest absolute Gasteiger partial charge is 0.360 e. The smallest absolute Gasteiger partial charge is 0.245 e. The van der Waals surface area contributed by atoms with Crippen molar-refractivity contribution in [2.24, 2.45) is 5.10 Å². The van der Waals surface area contributed by atoms with Crippen LogP contribution in [0.2, 0.25) is 5.02 Å². The second kappa shape index (κ2) is 9.48. The van der Waals surface area contributed by atoms with E-state index >= 15 is 0 Å². The lowest BCUT2D eigenvalue weighted by atomic mass is 10.2. The van der Waals surface area contributed by atoms with Gasteiger partial charge in [0.05, 0.1) is 50.4 Å².